The van der Waals surface area contributed by atoms with Crippen LogP contribution in [0.1, 0.15) is 33.2 Å². The predicted molar refractivity (Wildman–Crippen MR) is 136 cm³/mol. The molecule has 5 N–H and O–H groups in total. The van der Waals surface area contributed by atoms with Gasteiger partial charge in [-0.1, -0.05) is 17.7 Å². The van der Waals surface area contributed by atoms with Gasteiger partial charge in [-0.3, -0.25) is 4.90 Å². The zero-order chi connectivity index (χ0) is 27.3. The van der Waals surface area contributed by atoms with Crippen molar-refractivity contribution in [3.63, 3.8) is 0 Å². The lowest BCUT2D eigenvalue weighted by atomic mass is 9.84. The summed E-state index contributed by atoms with van der Waals surface area (Å²) in [6.45, 7) is 4.14. The molecule has 0 saturated carbocycles. The van der Waals surface area contributed by atoms with E-state index in [0.717, 1.165) is 11.3 Å². The van der Waals surface area contributed by atoms with Crippen molar-refractivity contribution in [2.24, 2.45) is 0 Å². The smallest absolute Gasteiger partial charge is 0.339 e. The number of esters is 1. The van der Waals surface area contributed by atoms with Gasteiger partial charge in [-0.15, -0.1) is 0 Å². The number of anilines is 1. The van der Waals surface area contributed by atoms with Gasteiger partial charge in [0.25, 0.3) is 0 Å². The third kappa shape index (κ3) is 4.42. The number of hydrogen-bond acceptors (Lipinski definition) is 11. The molecule has 0 aromatic heterocycles. The molecule has 2 aromatic carbocycles. The second kappa shape index (κ2) is 10.4. The highest BCUT2D eigenvalue weighted by Gasteiger charge is 2.53. The molecule has 0 spiro atoms. The molecule has 0 unspecified atom stereocenters. The van der Waals surface area contributed by atoms with Crippen LogP contribution in [0.25, 0.3) is 0 Å². The lowest BCUT2D eigenvalue weighted by Crippen LogP contribution is -2.58. The van der Waals surface area contributed by atoms with Crippen LogP contribution in [0.3, 0.4) is 0 Å². The monoisotopic (exact) mass is 550 g/mol. The number of carbonyl (C=O) groups is 1. The lowest BCUT2D eigenvalue weighted by Gasteiger charge is -2.45. The topological polar surface area (TPSA) is 152 Å². The second-order valence-corrected chi connectivity index (χ2v) is 10.3. The van der Waals surface area contributed by atoms with Gasteiger partial charge in [0.05, 0.1) is 19.3 Å². The number of methoxy groups -OCH3 is 1. The van der Waals surface area contributed by atoms with Crippen LogP contribution in [0.2, 0.25) is 5.02 Å². The first-order chi connectivity index (χ1) is 18.2. The number of hydrogen-bond donors (Lipinski definition) is 5. The molecular weight excluding hydrogens is 520 g/mol. The molecule has 0 bridgehead atoms. The number of nitrogens with zero attached hydrogens (tertiary/aromatic N) is 2. The SMILES string of the molecule is COc1c(O)c(CN2CCN(c3cc(Cl)ccc3C)CC2)c2c(c1O)[C@@H]1O[C@H](CO)[C@@H](O)[C@H](O)[C@H]1OC2=O. The minimum Gasteiger partial charge on any atom is -0.504 e. The van der Waals surface area contributed by atoms with Crippen LogP contribution in [0.15, 0.2) is 18.2 Å². The molecule has 11 nitrogen and oxygen atoms in total. The summed E-state index contributed by atoms with van der Waals surface area (Å²) < 4.78 is 16.5. The lowest BCUT2D eigenvalue weighted by molar-refractivity contribution is -0.235. The van der Waals surface area contributed by atoms with E-state index < -0.39 is 54.6 Å². The number of ether oxygens (including phenoxy) is 3. The summed E-state index contributed by atoms with van der Waals surface area (Å²) in [5.41, 5.74) is 2.24. The first-order valence-corrected chi connectivity index (χ1v) is 12.8. The zero-order valence-corrected chi connectivity index (χ0v) is 21.8. The quantitative estimate of drug-likeness (QED) is 0.340. The summed E-state index contributed by atoms with van der Waals surface area (Å²) in [6.07, 6.45) is -6.77. The van der Waals surface area contributed by atoms with Gasteiger partial charge in [-0.05, 0) is 24.6 Å². The molecule has 3 heterocycles. The minimum absolute atomic E-state index is 0.0199. The highest BCUT2D eigenvalue weighted by atomic mass is 35.5. The van der Waals surface area contributed by atoms with Crippen molar-refractivity contribution in [1.82, 2.24) is 4.90 Å². The van der Waals surface area contributed by atoms with Crippen molar-refractivity contribution in [3.8, 4) is 17.2 Å². The number of aliphatic hydroxyl groups is 3. The number of benzene rings is 2. The number of halogens is 1. The van der Waals surface area contributed by atoms with Gasteiger partial charge in [0.1, 0.15) is 24.4 Å². The number of aromatic hydroxyl groups is 2. The number of carbonyl (C=O) groups excluding carboxylic acids is 1. The highest BCUT2D eigenvalue weighted by molar-refractivity contribution is 6.30. The molecule has 3 aliphatic heterocycles. The minimum atomic E-state index is -1.56. The standard InChI is InChI=1S/C26H31ClN2O9/c1-12-3-4-13(27)9-15(12)29-7-5-28(6-8-29)10-14-17-18(21(33)24(36-2)19(14)31)23-25(38-26(17)35)22(34)20(32)16(11-30)37-23/h3-4,9,16,20,22-23,25,30-34H,5-8,10-11H2,1-2H3/t16-,20-,22+,23+,25-/m1/s1. The van der Waals surface area contributed by atoms with Gasteiger partial charge in [0, 0.05) is 54.6 Å². The van der Waals surface area contributed by atoms with Crippen LogP contribution >= 0.6 is 11.6 Å². The molecule has 38 heavy (non-hydrogen) atoms. The first-order valence-electron chi connectivity index (χ1n) is 12.4. The summed E-state index contributed by atoms with van der Waals surface area (Å²) in [4.78, 5) is 17.5. The van der Waals surface area contributed by atoms with Crippen molar-refractivity contribution in [2.75, 3.05) is 44.8 Å². The zero-order valence-electron chi connectivity index (χ0n) is 21.0. The second-order valence-electron chi connectivity index (χ2n) is 9.82. The van der Waals surface area contributed by atoms with E-state index in [2.05, 4.69) is 9.80 Å². The van der Waals surface area contributed by atoms with Crippen LogP contribution in [-0.2, 0) is 16.0 Å². The highest BCUT2D eigenvalue weighted by Crippen LogP contribution is 2.52. The Morgan fingerprint density at radius 1 is 1.11 bits per heavy atom. The van der Waals surface area contributed by atoms with Gasteiger partial charge in [-0.25, -0.2) is 4.79 Å². The maximum atomic E-state index is 13.2. The number of fused-ring (bicyclic) bond motifs is 3. The van der Waals surface area contributed by atoms with Gasteiger partial charge in [-0.2, -0.15) is 0 Å². The fourth-order valence-electron chi connectivity index (χ4n) is 5.56. The van der Waals surface area contributed by atoms with Crippen molar-refractivity contribution in [1.29, 1.82) is 0 Å². The van der Waals surface area contributed by atoms with Gasteiger partial charge in [0.2, 0.25) is 5.75 Å². The number of aliphatic hydroxyl groups excluding tert-OH is 3. The molecule has 0 amide bonds. The molecular formula is C26H31ClN2O9. The Kier molecular flexibility index (Phi) is 7.33. The summed E-state index contributed by atoms with van der Waals surface area (Å²) in [5, 5.41) is 53.2. The van der Waals surface area contributed by atoms with Crippen molar-refractivity contribution >= 4 is 23.3 Å². The number of rotatable bonds is 5. The van der Waals surface area contributed by atoms with Gasteiger partial charge in [0.15, 0.2) is 17.6 Å². The first kappa shape index (κ1) is 26.8. The average molecular weight is 551 g/mol. The third-order valence-electron chi connectivity index (χ3n) is 7.61. The Balaban J connectivity index is 1.47. The van der Waals surface area contributed by atoms with Gasteiger partial charge >= 0.3 is 5.97 Å². The van der Waals surface area contributed by atoms with Crippen LogP contribution in [0.5, 0.6) is 17.2 Å². The normalized spacial score (nSPS) is 27.5. The van der Waals surface area contributed by atoms with E-state index in [1.165, 1.54) is 7.11 Å². The summed E-state index contributed by atoms with van der Waals surface area (Å²) in [7, 11) is 1.27. The van der Waals surface area contributed by atoms with Crippen molar-refractivity contribution < 1.29 is 44.5 Å². The van der Waals surface area contributed by atoms with E-state index in [4.69, 9.17) is 25.8 Å². The molecule has 5 rings (SSSR count). The molecule has 2 saturated heterocycles. The Labute approximate surface area is 224 Å². The molecule has 206 valence electrons. The summed E-state index contributed by atoms with van der Waals surface area (Å²) in [5.74, 6) is -2.06. The molecule has 2 fully saturated rings. The van der Waals surface area contributed by atoms with E-state index >= 15 is 0 Å². The van der Waals surface area contributed by atoms with Crippen LogP contribution in [0, 0.1) is 6.92 Å². The Morgan fingerprint density at radius 3 is 2.47 bits per heavy atom. The van der Waals surface area contributed by atoms with E-state index in [9.17, 15) is 30.3 Å². The maximum Gasteiger partial charge on any atom is 0.339 e. The average Bonchev–Trinajstić information content (AvgIpc) is 2.90. The fraction of sp³-hybridized carbons (Fsp3) is 0.500. The fourth-order valence-corrected chi connectivity index (χ4v) is 5.73. The van der Waals surface area contributed by atoms with E-state index in [-0.39, 0.29) is 29.0 Å². The van der Waals surface area contributed by atoms with Crippen molar-refractivity contribution in [3.05, 3.63) is 45.5 Å². The predicted octanol–water partition coefficient (Wildman–Crippen LogP) is 1.08. The third-order valence-corrected chi connectivity index (χ3v) is 7.85. The number of phenols is 2. The molecule has 2 aromatic rings. The van der Waals surface area contributed by atoms with Crippen LogP contribution in [0.4, 0.5) is 5.69 Å². The van der Waals surface area contributed by atoms with Crippen LogP contribution in [-0.4, -0.2) is 101 Å². The van der Waals surface area contributed by atoms with E-state index in [0.29, 0.717) is 31.2 Å². The Bertz CT molecular complexity index is 1230. The summed E-state index contributed by atoms with van der Waals surface area (Å²) in [6, 6.07) is 5.75. The number of piperazine rings is 1. The number of aryl methyl sites for hydroxylation is 1. The van der Waals surface area contributed by atoms with E-state index in [1.807, 2.05) is 25.1 Å². The van der Waals surface area contributed by atoms with E-state index in [1.54, 1.807) is 0 Å². The largest absolute Gasteiger partial charge is 0.504 e. The molecule has 5 atom stereocenters. The van der Waals surface area contributed by atoms with Gasteiger partial charge < -0.3 is 44.6 Å². The molecule has 12 heteroatoms. The van der Waals surface area contributed by atoms with Crippen molar-refractivity contribution in [2.45, 2.75) is 44.0 Å². The Hall–Kier alpha value is -2.80. The molecule has 0 radical (unpaired) electrons. The number of phenolic OH excluding ortho intramolecular Hbond substituents is 2. The summed E-state index contributed by atoms with van der Waals surface area (Å²) >= 11 is 6.20. The maximum absolute atomic E-state index is 13.2. The van der Waals surface area contributed by atoms with Crippen LogP contribution < -0.4 is 9.64 Å². The molecule has 3 aliphatic rings. The Morgan fingerprint density at radius 2 is 1.82 bits per heavy atom. The molecule has 0 aliphatic carbocycles.